The molecule has 2 aliphatic rings. The Morgan fingerprint density at radius 2 is 1.89 bits per heavy atom. The predicted octanol–water partition coefficient (Wildman–Crippen LogP) is 0.929. The molecule has 106 valence electrons. The number of nitrogens with one attached hydrogen (secondary N) is 1. The Kier molecular flexibility index (Phi) is 3.49. The van der Waals surface area contributed by atoms with Gasteiger partial charge in [0.25, 0.3) is 0 Å². The topological polar surface area (TPSA) is 44.3 Å². The highest BCUT2D eigenvalue weighted by Crippen LogP contribution is 2.29. The smallest absolute Gasteiger partial charge is 0.205 e. The summed E-state index contributed by atoms with van der Waals surface area (Å²) in [6.45, 7) is 13.3. The summed E-state index contributed by atoms with van der Waals surface area (Å²) in [6, 6.07) is 0.712. The van der Waals surface area contributed by atoms with E-state index in [1.54, 1.807) is 11.5 Å². The van der Waals surface area contributed by atoms with Gasteiger partial charge in [-0.05, 0) is 0 Å². The van der Waals surface area contributed by atoms with Gasteiger partial charge in [0, 0.05) is 62.3 Å². The van der Waals surface area contributed by atoms with E-state index < -0.39 is 0 Å². The van der Waals surface area contributed by atoms with Crippen molar-refractivity contribution in [2.75, 3.05) is 44.2 Å². The third-order valence-corrected chi connectivity index (χ3v) is 4.66. The molecule has 0 unspecified atom stereocenters. The first-order valence-electron chi connectivity index (χ1n) is 7.08. The van der Waals surface area contributed by atoms with Crippen LogP contribution < -0.4 is 10.2 Å². The van der Waals surface area contributed by atoms with Crippen molar-refractivity contribution in [2.24, 2.45) is 0 Å². The summed E-state index contributed by atoms with van der Waals surface area (Å²) in [5.74, 6) is 0.970. The van der Waals surface area contributed by atoms with E-state index in [1.807, 2.05) is 0 Å². The van der Waals surface area contributed by atoms with Crippen LogP contribution in [0.1, 0.15) is 26.6 Å². The predicted molar refractivity (Wildman–Crippen MR) is 79.1 cm³/mol. The summed E-state index contributed by atoms with van der Waals surface area (Å²) in [7, 11) is 0. The van der Waals surface area contributed by atoms with Crippen molar-refractivity contribution < 1.29 is 0 Å². The van der Waals surface area contributed by atoms with Gasteiger partial charge in [-0.3, -0.25) is 4.90 Å². The lowest BCUT2D eigenvalue weighted by Gasteiger charge is -2.46. The normalized spacial score (nSPS) is 22.6. The fraction of sp³-hybridized carbons (Fsp3) is 0.846. The van der Waals surface area contributed by atoms with Crippen molar-refractivity contribution in [1.82, 2.24) is 19.6 Å². The number of piperazine rings is 1. The highest BCUT2D eigenvalue weighted by Gasteiger charge is 2.34. The van der Waals surface area contributed by atoms with E-state index in [0.717, 1.165) is 37.1 Å². The van der Waals surface area contributed by atoms with Crippen LogP contribution in [0.4, 0.5) is 5.13 Å². The highest BCUT2D eigenvalue weighted by molar-refractivity contribution is 7.09. The molecule has 6 heteroatoms. The third-order valence-electron chi connectivity index (χ3n) is 3.89. The molecule has 0 amide bonds. The zero-order chi connectivity index (χ0) is 13.5. The maximum atomic E-state index is 4.69. The minimum Gasteiger partial charge on any atom is -0.344 e. The van der Waals surface area contributed by atoms with Crippen molar-refractivity contribution >= 4 is 16.7 Å². The molecule has 0 bridgehead atoms. The molecule has 5 nitrogen and oxygen atoms in total. The average molecular weight is 281 g/mol. The van der Waals surface area contributed by atoms with Gasteiger partial charge < -0.3 is 10.2 Å². The first-order valence-corrected chi connectivity index (χ1v) is 7.85. The van der Waals surface area contributed by atoms with Crippen LogP contribution in [0.25, 0.3) is 0 Å². The molecular weight excluding hydrogens is 258 g/mol. The van der Waals surface area contributed by atoms with Gasteiger partial charge in [0.05, 0.1) is 0 Å². The minimum absolute atomic E-state index is 0.0531. The largest absolute Gasteiger partial charge is 0.344 e. The first-order chi connectivity index (χ1) is 9.04. The minimum atomic E-state index is 0.0531. The zero-order valence-corrected chi connectivity index (χ0v) is 12.8. The van der Waals surface area contributed by atoms with Gasteiger partial charge in [0.2, 0.25) is 5.13 Å². The molecule has 0 aliphatic carbocycles. The van der Waals surface area contributed by atoms with Crippen molar-refractivity contribution in [3.8, 4) is 0 Å². The maximum absolute atomic E-state index is 4.69. The molecule has 2 aliphatic heterocycles. The number of nitrogens with zero attached hydrogens (tertiary/aromatic N) is 4. The van der Waals surface area contributed by atoms with Crippen LogP contribution in [0.3, 0.4) is 0 Å². The van der Waals surface area contributed by atoms with Crippen LogP contribution in [0.5, 0.6) is 0 Å². The van der Waals surface area contributed by atoms with Crippen LogP contribution in [-0.2, 0) is 5.41 Å². The second-order valence-corrected chi connectivity index (χ2v) is 7.23. The molecule has 0 aromatic carbocycles. The Morgan fingerprint density at radius 3 is 2.47 bits per heavy atom. The molecule has 3 heterocycles. The van der Waals surface area contributed by atoms with E-state index in [2.05, 4.69) is 45.2 Å². The molecule has 1 aromatic rings. The molecule has 1 aromatic heterocycles. The third kappa shape index (κ3) is 2.75. The van der Waals surface area contributed by atoms with Crippen LogP contribution in [-0.4, -0.2) is 59.6 Å². The summed E-state index contributed by atoms with van der Waals surface area (Å²) in [5.41, 5.74) is 0.0531. The summed E-state index contributed by atoms with van der Waals surface area (Å²) in [6.07, 6.45) is 0. The summed E-state index contributed by atoms with van der Waals surface area (Å²) < 4.78 is 4.49. The van der Waals surface area contributed by atoms with Gasteiger partial charge in [-0.25, -0.2) is 4.98 Å². The van der Waals surface area contributed by atoms with Gasteiger partial charge in [-0.15, -0.1) is 0 Å². The van der Waals surface area contributed by atoms with E-state index in [-0.39, 0.29) is 5.41 Å². The summed E-state index contributed by atoms with van der Waals surface area (Å²) in [4.78, 5) is 9.64. The van der Waals surface area contributed by atoms with Gasteiger partial charge in [0.1, 0.15) is 5.82 Å². The molecule has 3 rings (SSSR count). The maximum Gasteiger partial charge on any atom is 0.205 e. The van der Waals surface area contributed by atoms with Gasteiger partial charge in [-0.2, -0.15) is 4.37 Å². The molecular formula is C13H23N5S. The Hall–Kier alpha value is -0.720. The quantitative estimate of drug-likeness (QED) is 0.874. The fourth-order valence-electron chi connectivity index (χ4n) is 2.54. The first kappa shape index (κ1) is 13.3. The Balaban J connectivity index is 1.56. The molecule has 0 atom stereocenters. The number of aromatic nitrogens is 2. The zero-order valence-electron chi connectivity index (χ0n) is 12.0. The number of anilines is 1. The second-order valence-electron chi connectivity index (χ2n) is 6.50. The van der Waals surface area contributed by atoms with Crippen molar-refractivity contribution in [2.45, 2.75) is 32.2 Å². The summed E-state index contributed by atoms with van der Waals surface area (Å²) in [5, 5.41) is 4.50. The van der Waals surface area contributed by atoms with Crippen LogP contribution in [0, 0.1) is 0 Å². The molecule has 19 heavy (non-hydrogen) atoms. The van der Waals surface area contributed by atoms with Crippen molar-refractivity contribution in [3.05, 3.63) is 5.82 Å². The number of hydrogen-bond donors (Lipinski definition) is 1. The van der Waals surface area contributed by atoms with E-state index in [0.29, 0.717) is 6.04 Å². The standard InChI is InChI=1S/C13H23N5S/c1-13(2,3)11-15-12(19-16-11)18-8-10(9-18)17-6-4-14-5-7-17/h10,14H,4-9H2,1-3H3. The fourth-order valence-corrected chi connectivity index (χ4v) is 3.41. The van der Waals surface area contributed by atoms with Crippen LogP contribution in [0.2, 0.25) is 0 Å². The van der Waals surface area contributed by atoms with E-state index in [1.165, 1.54) is 13.1 Å². The lowest BCUT2D eigenvalue weighted by molar-refractivity contribution is 0.147. The van der Waals surface area contributed by atoms with Crippen LogP contribution in [0.15, 0.2) is 0 Å². The summed E-state index contributed by atoms with van der Waals surface area (Å²) >= 11 is 1.54. The van der Waals surface area contributed by atoms with Crippen molar-refractivity contribution in [3.63, 3.8) is 0 Å². The average Bonchev–Trinajstić information content (AvgIpc) is 2.77. The van der Waals surface area contributed by atoms with Gasteiger partial charge in [0.15, 0.2) is 0 Å². The Morgan fingerprint density at radius 1 is 1.21 bits per heavy atom. The number of rotatable bonds is 2. The molecule has 2 saturated heterocycles. The molecule has 0 spiro atoms. The SMILES string of the molecule is CC(C)(C)c1nsc(N2CC(N3CCNCC3)C2)n1. The Labute approximate surface area is 119 Å². The van der Waals surface area contributed by atoms with E-state index >= 15 is 0 Å². The van der Waals surface area contributed by atoms with Crippen molar-refractivity contribution in [1.29, 1.82) is 0 Å². The lowest BCUT2D eigenvalue weighted by Crippen LogP contribution is -2.62. The monoisotopic (exact) mass is 281 g/mol. The van der Waals surface area contributed by atoms with Gasteiger partial charge >= 0.3 is 0 Å². The van der Waals surface area contributed by atoms with Crippen LogP contribution >= 0.6 is 11.5 Å². The highest BCUT2D eigenvalue weighted by atomic mass is 32.1. The van der Waals surface area contributed by atoms with E-state index in [4.69, 9.17) is 0 Å². The lowest BCUT2D eigenvalue weighted by atomic mass is 9.96. The van der Waals surface area contributed by atoms with Gasteiger partial charge in [-0.1, -0.05) is 20.8 Å². The van der Waals surface area contributed by atoms with E-state index in [9.17, 15) is 0 Å². The molecule has 2 fully saturated rings. The number of hydrogen-bond acceptors (Lipinski definition) is 6. The second kappa shape index (κ2) is 5.00. The molecule has 1 N–H and O–H groups in total. The molecule has 0 radical (unpaired) electrons. The Bertz CT molecular complexity index is 426. The molecule has 0 saturated carbocycles.